The number of amides is 1. The third kappa shape index (κ3) is 5.28. The summed E-state index contributed by atoms with van der Waals surface area (Å²) in [6.45, 7) is 3.99. The molecule has 0 aliphatic carbocycles. The van der Waals surface area contributed by atoms with Gasteiger partial charge in [-0.25, -0.2) is 4.98 Å². The normalized spacial score (nSPS) is 15.5. The molecular formula is C29H30N4O2. The van der Waals surface area contributed by atoms with Crippen molar-refractivity contribution in [2.24, 2.45) is 0 Å². The number of pyridine rings is 1. The van der Waals surface area contributed by atoms with Crippen LogP contribution < -0.4 is 10.6 Å². The molecule has 1 atom stereocenters. The van der Waals surface area contributed by atoms with Gasteiger partial charge in [-0.3, -0.25) is 4.79 Å². The molecule has 2 aromatic carbocycles. The lowest BCUT2D eigenvalue weighted by molar-refractivity contribution is -0.125. The van der Waals surface area contributed by atoms with Gasteiger partial charge in [0, 0.05) is 55.0 Å². The van der Waals surface area contributed by atoms with E-state index in [0.29, 0.717) is 12.6 Å². The van der Waals surface area contributed by atoms with E-state index in [1.165, 1.54) is 5.56 Å². The van der Waals surface area contributed by atoms with E-state index in [2.05, 4.69) is 45.9 Å². The van der Waals surface area contributed by atoms with E-state index in [1.54, 1.807) is 24.2 Å². The van der Waals surface area contributed by atoms with E-state index in [1.807, 2.05) is 43.3 Å². The van der Waals surface area contributed by atoms with E-state index in [4.69, 9.17) is 4.42 Å². The summed E-state index contributed by atoms with van der Waals surface area (Å²) >= 11 is 0. The van der Waals surface area contributed by atoms with Gasteiger partial charge in [-0.15, -0.1) is 0 Å². The van der Waals surface area contributed by atoms with Crippen molar-refractivity contribution in [2.75, 3.05) is 18.9 Å². The summed E-state index contributed by atoms with van der Waals surface area (Å²) in [5, 5.41) is 8.18. The minimum absolute atomic E-state index is 0.0843. The van der Waals surface area contributed by atoms with Crippen LogP contribution in [0, 0.1) is 6.92 Å². The van der Waals surface area contributed by atoms with Crippen LogP contribution in [-0.4, -0.2) is 35.4 Å². The summed E-state index contributed by atoms with van der Waals surface area (Å²) in [5.41, 5.74) is 5.23. The van der Waals surface area contributed by atoms with Gasteiger partial charge in [0.25, 0.3) is 0 Å². The third-order valence-electron chi connectivity index (χ3n) is 6.53. The molecule has 0 radical (unpaired) electrons. The van der Waals surface area contributed by atoms with Gasteiger partial charge in [0.1, 0.15) is 17.2 Å². The predicted octanol–water partition coefficient (Wildman–Crippen LogP) is 4.93. The highest BCUT2D eigenvalue weighted by atomic mass is 16.3. The largest absolute Gasteiger partial charge is 0.459 e. The number of aromatic nitrogens is 1. The number of carbonyl (C=O) groups is 1. The summed E-state index contributed by atoms with van der Waals surface area (Å²) in [6, 6.07) is 20.9. The van der Waals surface area contributed by atoms with Crippen molar-refractivity contribution < 1.29 is 9.21 Å². The second kappa shape index (κ2) is 10.2. The molecule has 178 valence electrons. The van der Waals surface area contributed by atoms with Crippen LogP contribution >= 0.6 is 0 Å². The Balaban J connectivity index is 1.21. The van der Waals surface area contributed by atoms with Crippen LogP contribution in [0.3, 0.4) is 0 Å². The van der Waals surface area contributed by atoms with Crippen LogP contribution in [0.1, 0.15) is 28.0 Å². The summed E-state index contributed by atoms with van der Waals surface area (Å²) in [7, 11) is 1.79. The maximum absolute atomic E-state index is 12.8. The number of para-hydroxylation sites is 1. The number of likely N-dealkylation sites (N-methyl/N-ethyl adjacent to an activating group) is 1. The zero-order valence-corrected chi connectivity index (χ0v) is 20.1. The Morgan fingerprint density at radius 1 is 1.17 bits per heavy atom. The molecule has 0 fully saturated rings. The number of anilines is 1. The molecule has 4 aromatic rings. The number of carbonyl (C=O) groups excluding carboxylic acids is 1. The van der Waals surface area contributed by atoms with Crippen molar-refractivity contribution in [1.82, 2.24) is 15.2 Å². The Morgan fingerprint density at radius 2 is 1.97 bits per heavy atom. The second-order valence-electron chi connectivity index (χ2n) is 9.10. The highest BCUT2D eigenvalue weighted by molar-refractivity contribution is 5.91. The van der Waals surface area contributed by atoms with Gasteiger partial charge in [0.05, 0.1) is 6.54 Å². The summed E-state index contributed by atoms with van der Waals surface area (Å²) in [4.78, 5) is 19.0. The number of hydrogen-bond acceptors (Lipinski definition) is 5. The first-order valence-corrected chi connectivity index (χ1v) is 12.0. The molecule has 3 heterocycles. The number of fused-ring (bicyclic) bond motifs is 2. The zero-order valence-electron chi connectivity index (χ0n) is 20.1. The molecule has 35 heavy (non-hydrogen) atoms. The smallest absolute Gasteiger partial charge is 0.246 e. The molecule has 5 rings (SSSR count). The van der Waals surface area contributed by atoms with Crippen molar-refractivity contribution in [3.8, 4) is 0 Å². The van der Waals surface area contributed by atoms with Crippen molar-refractivity contribution in [3.63, 3.8) is 0 Å². The van der Waals surface area contributed by atoms with Gasteiger partial charge in [-0.05, 0) is 42.7 Å². The maximum Gasteiger partial charge on any atom is 0.246 e. The number of benzene rings is 2. The quantitative estimate of drug-likeness (QED) is 0.394. The fraction of sp³-hybridized carbons (Fsp3) is 0.241. The molecule has 0 bridgehead atoms. The zero-order chi connectivity index (χ0) is 24.2. The third-order valence-corrected chi connectivity index (χ3v) is 6.53. The van der Waals surface area contributed by atoms with Crippen LogP contribution in [0.25, 0.3) is 17.0 Å². The number of rotatable bonds is 6. The molecule has 2 N–H and O–H groups in total. The van der Waals surface area contributed by atoms with Gasteiger partial charge in [0.2, 0.25) is 5.91 Å². The predicted molar refractivity (Wildman–Crippen MR) is 140 cm³/mol. The van der Waals surface area contributed by atoms with Crippen LogP contribution in [0.15, 0.2) is 77.4 Å². The SMILES string of the molecule is Cc1c(CN(C)C(=O)C=Cc2cnc3c(c2)CN[C@@H](Cc2ccccc2)CN3)oc2ccccc12. The molecular weight excluding hydrogens is 436 g/mol. The Labute approximate surface area is 205 Å². The summed E-state index contributed by atoms with van der Waals surface area (Å²) in [5.74, 6) is 1.62. The van der Waals surface area contributed by atoms with E-state index >= 15 is 0 Å². The van der Waals surface area contributed by atoms with Gasteiger partial charge < -0.3 is 20.0 Å². The van der Waals surface area contributed by atoms with E-state index in [0.717, 1.165) is 58.7 Å². The summed E-state index contributed by atoms with van der Waals surface area (Å²) in [6.07, 6.45) is 6.18. The first kappa shape index (κ1) is 22.9. The molecule has 6 nitrogen and oxygen atoms in total. The highest BCUT2D eigenvalue weighted by Crippen LogP contribution is 2.26. The highest BCUT2D eigenvalue weighted by Gasteiger charge is 2.17. The molecule has 0 saturated heterocycles. The Bertz CT molecular complexity index is 1360. The minimum Gasteiger partial charge on any atom is -0.459 e. The molecule has 0 spiro atoms. The fourth-order valence-corrected chi connectivity index (χ4v) is 4.47. The molecule has 1 aliphatic heterocycles. The number of nitrogens with zero attached hydrogens (tertiary/aromatic N) is 2. The number of hydrogen-bond donors (Lipinski definition) is 2. The van der Waals surface area contributed by atoms with Gasteiger partial charge in [-0.1, -0.05) is 48.5 Å². The van der Waals surface area contributed by atoms with Crippen molar-refractivity contribution in [2.45, 2.75) is 32.5 Å². The Morgan fingerprint density at radius 3 is 2.80 bits per heavy atom. The van der Waals surface area contributed by atoms with E-state index in [-0.39, 0.29) is 5.91 Å². The Kier molecular flexibility index (Phi) is 6.64. The lowest BCUT2D eigenvalue weighted by Crippen LogP contribution is -2.34. The lowest BCUT2D eigenvalue weighted by atomic mass is 10.1. The van der Waals surface area contributed by atoms with Crippen molar-refractivity contribution in [1.29, 1.82) is 0 Å². The fourth-order valence-electron chi connectivity index (χ4n) is 4.47. The number of nitrogens with one attached hydrogen (secondary N) is 2. The molecule has 0 unspecified atom stereocenters. The lowest BCUT2D eigenvalue weighted by Gasteiger charge is -2.15. The molecule has 1 amide bonds. The van der Waals surface area contributed by atoms with Gasteiger partial charge in [-0.2, -0.15) is 0 Å². The number of aryl methyl sites for hydroxylation is 1. The van der Waals surface area contributed by atoms with E-state index in [9.17, 15) is 4.79 Å². The molecule has 6 heteroatoms. The van der Waals surface area contributed by atoms with Gasteiger partial charge >= 0.3 is 0 Å². The average Bonchev–Trinajstić information content (AvgIpc) is 3.06. The van der Waals surface area contributed by atoms with Crippen LogP contribution in [-0.2, 0) is 24.3 Å². The molecule has 1 aliphatic rings. The second-order valence-corrected chi connectivity index (χ2v) is 9.10. The minimum atomic E-state index is -0.0843. The topological polar surface area (TPSA) is 70.4 Å². The standard InChI is InChI=1S/C29H30N4O2/c1-20-25-10-6-7-11-26(25)35-27(20)19-33(2)28(34)13-12-22-14-23-17-30-24(18-32-29(23)31-16-22)15-21-8-4-3-5-9-21/h3-14,16,24,30H,15,17-19H2,1-2H3,(H,31,32)/t24-/m0/s1. The molecule has 2 aromatic heterocycles. The Hall–Kier alpha value is -3.90. The first-order chi connectivity index (χ1) is 17.1. The van der Waals surface area contributed by atoms with Crippen LogP contribution in [0.4, 0.5) is 5.82 Å². The van der Waals surface area contributed by atoms with Gasteiger partial charge in [0.15, 0.2) is 0 Å². The maximum atomic E-state index is 12.8. The number of furan rings is 1. The van der Waals surface area contributed by atoms with Crippen molar-refractivity contribution in [3.05, 3.63) is 101 Å². The van der Waals surface area contributed by atoms with Crippen LogP contribution in [0.5, 0.6) is 0 Å². The monoisotopic (exact) mass is 466 g/mol. The first-order valence-electron chi connectivity index (χ1n) is 12.0. The van der Waals surface area contributed by atoms with Crippen LogP contribution in [0.2, 0.25) is 0 Å². The van der Waals surface area contributed by atoms with Crippen molar-refractivity contribution >= 4 is 28.8 Å². The van der Waals surface area contributed by atoms with E-state index < -0.39 is 0 Å². The average molecular weight is 467 g/mol. The summed E-state index contributed by atoms with van der Waals surface area (Å²) < 4.78 is 5.96. The molecule has 0 saturated carbocycles.